The van der Waals surface area contributed by atoms with Gasteiger partial charge in [0.1, 0.15) is 0 Å². The number of nitrogens with one attached hydrogen (secondary N) is 1. The van der Waals surface area contributed by atoms with Gasteiger partial charge in [0.2, 0.25) is 0 Å². The summed E-state index contributed by atoms with van der Waals surface area (Å²) in [6.45, 7) is 1.66. The Labute approximate surface area is 150 Å². The third-order valence-electron chi connectivity index (χ3n) is 3.93. The second-order valence-corrected chi connectivity index (χ2v) is 6.81. The Hall–Kier alpha value is -2.66. The molecule has 0 aliphatic carbocycles. The van der Waals surface area contributed by atoms with E-state index in [0.29, 0.717) is 0 Å². The molecule has 0 fully saturated rings. The molecular weight excluding hydrogens is 334 g/mol. The number of hydrogen-bond donors (Lipinski definition) is 1. The van der Waals surface area contributed by atoms with Gasteiger partial charge in [-0.25, -0.2) is 0 Å². The first kappa shape index (κ1) is 17.2. The first-order valence-corrected chi connectivity index (χ1v) is 8.96. The van der Waals surface area contributed by atoms with Gasteiger partial charge in [-0.1, -0.05) is 48.5 Å². The molecule has 25 heavy (non-hydrogen) atoms. The van der Waals surface area contributed by atoms with Gasteiger partial charge in [0.25, 0.3) is 5.91 Å². The summed E-state index contributed by atoms with van der Waals surface area (Å²) in [5.41, 5.74) is 1.04. The molecule has 0 spiro atoms. The Morgan fingerprint density at radius 2 is 1.88 bits per heavy atom. The van der Waals surface area contributed by atoms with E-state index in [0.717, 1.165) is 21.2 Å². The lowest BCUT2D eigenvalue weighted by Crippen LogP contribution is -2.31. The van der Waals surface area contributed by atoms with Gasteiger partial charge in [-0.15, -0.1) is 11.3 Å². The van der Waals surface area contributed by atoms with Crippen molar-refractivity contribution >= 4 is 34.0 Å². The van der Waals surface area contributed by atoms with E-state index in [4.69, 9.17) is 4.74 Å². The highest BCUT2D eigenvalue weighted by atomic mass is 32.1. The standard InChI is InChI=1S/C20H19NO3S/c1-14(17-10-4-7-15-6-2-3-9-18(15)17)21-19(22)13-24-20(23)12-16-8-5-11-25-16/h2-11,14H,12-13H2,1H3,(H,21,22)/t14-/m0/s1. The minimum absolute atomic E-state index is 0.172. The van der Waals surface area contributed by atoms with Crippen molar-refractivity contribution in [3.05, 3.63) is 70.4 Å². The van der Waals surface area contributed by atoms with Gasteiger partial charge in [0.05, 0.1) is 12.5 Å². The zero-order valence-electron chi connectivity index (χ0n) is 13.9. The monoisotopic (exact) mass is 353 g/mol. The molecule has 1 heterocycles. The molecule has 0 radical (unpaired) electrons. The van der Waals surface area contributed by atoms with Gasteiger partial charge in [-0.2, -0.15) is 0 Å². The Bertz CT molecular complexity index is 868. The number of fused-ring (bicyclic) bond motifs is 1. The second-order valence-electron chi connectivity index (χ2n) is 5.77. The first-order valence-electron chi connectivity index (χ1n) is 8.08. The molecule has 3 aromatic rings. The van der Waals surface area contributed by atoms with Crippen molar-refractivity contribution in [2.45, 2.75) is 19.4 Å². The van der Waals surface area contributed by atoms with E-state index < -0.39 is 5.97 Å². The summed E-state index contributed by atoms with van der Waals surface area (Å²) >= 11 is 1.49. The van der Waals surface area contributed by atoms with E-state index in [-0.39, 0.29) is 25.0 Å². The smallest absolute Gasteiger partial charge is 0.311 e. The predicted octanol–water partition coefficient (Wildman–Crippen LogP) is 3.86. The largest absolute Gasteiger partial charge is 0.455 e. The maximum atomic E-state index is 12.1. The summed E-state index contributed by atoms with van der Waals surface area (Å²) in [7, 11) is 0. The van der Waals surface area contributed by atoms with Crippen molar-refractivity contribution in [2.75, 3.05) is 6.61 Å². The Balaban J connectivity index is 1.56. The maximum absolute atomic E-state index is 12.1. The minimum atomic E-state index is -0.393. The van der Waals surface area contributed by atoms with Crippen molar-refractivity contribution in [2.24, 2.45) is 0 Å². The van der Waals surface area contributed by atoms with Crippen LogP contribution in [0.25, 0.3) is 10.8 Å². The highest BCUT2D eigenvalue weighted by Gasteiger charge is 2.14. The zero-order valence-corrected chi connectivity index (χ0v) is 14.7. The van der Waals surface area contributed by atoms with Crippen LogP contribution in [0.4, 0.5) is 0 Å². The number of ether oxygens (including phenoxy) is 1. The molecule has 1 aromatic heterocycles. The van der Waals surface area contributed by atoms with Gasteiger partial charge < -0.3 is 10.1 Å². The van der Waals surface area contributed by atoms with Crippen molar-refractivity contribution < 1.29 is 14.3 Å². The van der Waals surface area contributed by atoms with E-state index in [2.05, 4.69) is 5.32 Å². The first-order chi connectivity index (χ1) is 12.1. The summed E-state index contributed by atoms with van der Waals surface area (Å²) in [6, 6.07) is 17.6. The lowest BCUT2D eigenvalue weighted by Gasteiger charge is -2.16. The molecule has 1 N–H and O–H groups in total. The van der Waals surface area contributed by atoms with Crippen LogP contribution >= 0.6 is 11.3 Å². The van der Waals surface area contributed by atoms with Gasteiger partial charge in [0, 0.05) is 4.88 Å². The summed E-state index contributed by atoms with van der Waals surface area (Å²) in [6.07, 6.45) is 0.198. The van der Waals surface area contributed by atoms with Crippen LogP contribution in [0.15, 0.2) is 60.0 Å². The third kappa shape index (κ3) is 4.45. The molecular formula is C20H19NO3S. The fraction of sp³-hybridized carbons (Fsp3) is 0.200. The summed E-state index contributed by atoms with van der Waals surface area (Å²) < 4.78 is 5.06. The van der Waals surface area contributed by atoms with Gasteiger partial charge in [-0.05, 0) is 34.7 Å². The molecule has 0 aliphatic rings. The highest BCUT2D eigenvalue weighted by Crippen LogP contribution is 2.23. The normalized spacial score (nSPS) is 11.9. The van der Waals surface area contributed by atoms with E-state index in [1.54, 1.807) is 0 Å². The summed E-state index contributed by atoms with van der Waals surface area (Å²) in [5.74, 6) is -0.699. The number of carbonyl (C=O) groups excluding carboxylic acids is 2. The molecule has 0 bridgehead atoms. The predicted molar refractivity (Wildman–Crippen MR) is 99.5 cm³/mol. The van der Waals surface area contributed by atoms with E-state index >= 15 is 0 Å². The number of carbonyl (C=O) groups is 2. The fourth-order valence-corrected chi connectivity index (χ4v) is 3.43. The van der Waals surface area contributed by atoms with E-state index in [1.165, 1.54) is 11.3 Å². The lowest BCUT2D eigenvalue weighted by molar-refractivity contribution is -0.148. The Morgan fingerprint density at radius 3 is 2.68 bits per heavy atom. The molecule has 128 valence electrons. The molecule has 1 atom stereocenters. The molecule has 0 aliphatic heterocycles. The second kappa shape index (κ2) is 7.94. The Morgan fingerprint density at radius 1 is 1.08 bits per heavy atom. The molecule has 1 amide bonds. The van der Waals surface area contributed by atoms with E-state index in [1.807, 2.05) is 66.9 Å². The van der Waals surface area contributed by atoms with Crippen molar-refractivity contribution in [3.63, 3.8) is 0 Å². The minimum Gasteiger partial charge on any atom is -0.455 e. The number of benzene rings is 2. The lowest BCUT2D eigenvalue weighted by atomic mass is 10.00. The quantitative estimate of drug-likeness (QED) is 0.685. The van der Waals surface area contributed by atoms with Crippen molar-refractivity contribution in [3.8, 4) is 0 Å². The molecule has 4 nitrogen and oxygen atoms in total. The van der Waals surface area contributed by atoms with Crippen LogP contribution in [-0.2, 0) is 20.7 Å². The molecule has 3 rings (SSSR count). The third-order valence-corrected chi connectivity index (χ3v) is 4.81. The molecule has 0 saturated heterocycles. The zero-order chi connectivity index (χ0) is 17.6. The van der Waals surface area contributed by atoms with Gasteiger partial charge >= 0.3 is 5.97 Å². The van der Waals surface area contributed by atoms with Crippen LogP contribution in [-0.4, -0.2) is 18.5 Å². The summed E-state index contributed by atoms with van der Waals surface area (Å²) in [4.78, 5) is 24.8. The summed E-state index contributed by atoms with van der Waals surface area (Å²) in [5, 5.41) is 7.03. The topological polar surface area (TPSA) is 55.4 Å². The SMILES string of the molecule is C[C@H](NC(=O)COC(=O)Cc1cccs1)c1cccc2ccccc12. The maximum Gasteiger partial charge on any atom is 0.311 e. The van der Waals surface area contributed by atoms with Crippen LogP contribution in [0, 0.1) is 0 Å². The average Bonchev–Trinajstić information content (AvgIpc) is 3.12. The van der Waals surface area contributed by atoms with Crippen LogP contribution < -0.4 is 5.32 Å². The Kier molecular flexibility index (Phi) is 5.46. The molecule has 0 saturated carbocycles. The number of rotatable bonds is 6. The van der Waals surface area contributed by atoms with Gasteiger partial charge in [0.15, 0.2) is 6.61 Å². The van der Waals surface area contributed by atoms with Crippen LogP contribution in [0.5, 0.6) is 0 Å². The number of esters is 1. The molecule has 2 aromatic carbocycles. The molecule has 0 unspecified atom stereocenters. The number of amides is 1. The highest BCUT2D eigenvalue weighted by molar-refractivity contribution is 7.10. The van der Waals surface area contributed by atoms with Crippen LogP contribution in [0.3, 0.4) is 0 Å². The number of hydrogen-bond acceptors (Lipinski definition) is 4. The van der Waals surface area contributed by atoms with Gasteiger partial charge in [-0.3, -0.25) is 9.59 Å². The van der Waals surface area contributed by atoms with Crippen molar-refractivity contribution in [1.82, 2.24) is 5.32 Å². The van der Waals surface area contributed by atoms with E-state index in [9.17, 15) is 9.59 Å². The molecule has 5 heteroatoms. The van der Waals surface area contributed by atoms with Crippen LogP contribution in [0.1, 0.15) is 23.4 Å². The van der Waals surface area contributed by atoms with Crippen molar-refractivity contribution in [1.29, 1.82) is 0 Å². The average molecular weight is 353 g/mol. The fourth-order valence-electron chi connectivity index (χ4n) is 2.74. The van der Waals surface area contributed by atoms with Crippen LogP contribution in [0.2, 0.25) is 0 Å². The number of thiophene rings is 1.